The zero-order valence-electron chi connectivity index (χ0n) is 11.3. The monoisotopic (exact) mass is 306 g/mol. The molecule has 0 spiro atoms. The minimum atomic E-state index is -2.97. The number of fused-ring (bicyclic) bond motifs is 1. The summed E-state index contributed by atoms with van der Waals surface area (Å²) in [6.07, 6.45) is -1.12. The van der Waals surface area contributed by atoms with Crippen LogP contribution in [0.25, 0.3) is 0 Å². The summed E-state index contributed by atoms with van der Waals surface area (Å²) >= 11 is 5.83. The molecule has 0 saturated carbocycles. The van der Waals surface area contributed by atoms with E-state index >= 15 is 0 Å². The van der Waals surface area contributed by atoms with Crippen LogP contribution in [0.3, 0.4) is 0 Å². The van der Waals surface area contributed by atoms with Crippen molar-refractivity contribution in [3.8, 4) is 0 Å². The fourth-order valence-electron chi connectivity index (χ4n) is 2.93. The Labute approximate surface area is 121 Å². The van der Waals surface area contributed by atoms with E-state index in [-0.39, 0.29) is 30.0 Å². The SMILES string of the molecule is COC(OC)[C@]1(CO)CCC(F)(F)c2cc(Cl)ccc21. The maximum Gasteiger partial charge on any atom is 0.273 e. The number of aliphatic hydroxyl groups is 1. The summed E-state index contributed by atoms with van der Waals surface area (Å²) in [6.45, 7) is -0.343. The zero-order chi connectivity index (χ0) is 15.0. The van der Waals surface area contributed by atoms with Crippen LogP contribution >= 0.6 is 11.6 Å². The first kappa shape index (κ1) is 15.6. The molecule has 112 valence electrons. The standard InChI is InChI=1S/C14H17ClF2O3/c1-19-12(20-2)13(8-18)5-6-14(16,17)11-7-9(15)3-4-10(11)13/h3-4,7,12,18H,5-6,8H2,1-2H3/t13-/m0/s1. The van der Waals surface area contributed by atoms with Crippen molar-refractivity contribution in [2.75, 3.05) is 20.8 Å². The minimum absolute atomic E-state index is 0.0669. The van der Waals surface area contributed by atoms with Crippen LogP contribution in [0.2, 0.25) is 5.02 Å². The van der Waals surface area contributed by atoms with Gasteiger partial charge in [0.1, 0.15) is 0 Å². The lowest BCUT2D eigenvalue weighted by Gasteiger charge is -2.44. The van der Waals surface area contributed by atoms with E-state index in [1.807, 2.05) is 0 Å². The van der Waals surface area contributed by atoms with Gasteiger partial charge in [0.05, 0.1) is 12.0 Å². The smallest absolute Gasteiger partial charge is 0.273 e. The van der Waals surface area contributed by atoms with Crippen molar-refractivity contribution in [1.82, 2.24) is 0 Å². The molecule has 1 N–H and O–H groups in total. The first-order valence-electron chi connectivity index (χ1n) is 6.26. The van der Waals surface area contributed by atoms with Crippen LogP contribution in [-0.4, -0.2) is 32.2 Å². The lowest BCUT2D eigenvalue weighted by molar-refractivity contribution is -0.174. The summed E-state index contributed by atoms with van der Waals surface area (Å²) < 4.78 is 38.7. The highest BCUT2D eigenvalue weighted by Crippen LogP contribution is 2.50. The van der Waals surface area contributed by atoms with E-state index in [0.29, 0.717) is 5.56 Å². The lowest BCUT2D eigenvalue weighted by Crippen LogP contribution is -2.49. The van der Waals surface area contributed by atoms with E-state index < -0.39 is 17.6 Å². The number of aliphatic hydroxyl groups excluding tert-OH is 1. The average molecular weight is 307 g/mol. The van der Waals surface area contributed by atoms with Crippen molar-refractivity contribution in [3.05, 3.63) is 34.3 Å². The van der Waals surface area contributed by atoms with Crippen molar-refractivity contribution >= 4 is 11.6 Å². The number of ether oxygens (including phenoxy) is 2. The lowest BCUT2D eigenvalue weighted by atomic mass is 9.68. The van der Waals surface area contributed by atoms with Crippen LogP contribution in [0.1, 0.15) is 24.0 Å². The first-order valence-corrected chi connectivity index (χ1v) is 6.64. The van der Waals surface area contributed by atoms with E-state index in [4.69, 9.17) is 21.1 Å². The molecule has 0 amide bonds. The van der Waals surface area contributed by atoms with Crippen molar-refractivity contribution in [2.45, 2.75) is 30.5 Å². The van der Waals surface area contributed by atoms with Crippen molar-refractivity contribution in [3.63, 3.8) is 0 Å². The third-order valence-electron chi connectivity index (χ3n) is 3.96. The van der Waals surface area contributed by atoms with Gasteiger partial charge in [-0.25, -0.2) is 8.78 Å². The number of rotatable bonds is 4. The fraction of sp³-hybridized carbons (Fsp3) is 0.571. The van der Waals surface area contributed by atoms with Crippen molar-refractivity contribution in [1.29, 1.82) is 0 Å². The number of alkyl halides is 2. The number of hydrogen-bond donors (Lipinski definition) is 1. The summed E-state index contributed by atoms with van der Waals surface area (Å²) in [7, 11) is 2.85. The molecule has 0 radical (unpaired) electrons. The molecule has 6 heteroatoms. The molecule has 0 saturated heterocycles. The Bertz CT molecular complexity index is 491. The quantitative estimate of drug-likeness (QED) is 0.869. The Morgan fingerprint density at radius 2 is 1.90 bits per heavy atom. The second-order valence-corrected chi connectivity index (χ2v) is 5.45. The summed E-state index contributed by atoms with van der Waals surface area (Å²) in [6, 6.07) is 4.31. The van der Waals surface area contributed by atoms with E-state index in [0.717, 1.165) is 0 Å². The number of halogens is 3. The average Bonchev–Trinajstić information content (AvgIpc) is 2.43. The second kappa shape index (κ2) is 5.56. The Morgan fingerprint density at radius 3 is 2.45 bits per heavy atom. The van der Waals surface area contributed by atoms with Crippen molar-refractivity contribution in [2.24, 2.45) is 0 Å². The molecule has 20 heavy (non-hydrogen) atoms. The highest BCUT2D eigenvalue weighted by molar-refractivity contribution is 6.30. The molecule has 1 atom stereocenters. The van der Waals surface area contributed by atoms with Crippen molar-refractivity contribution < 1.29 is 23.4 Å². The van der Waals surface area contributed by atoms with Gasteiger partial charge in [0.25, 0.3) is 5.92 Å². The first-order chi connectivity index (χ1) is 9.41. The van der Waals surface area contributed by atoms with Crippen LogP contribution in [0.4, 0.5) is 8.78 Å². The van der Waals surface area contributed by atoms with Gasteiger partial charge in [-0.05, 0) is 24.1 Å². The molecular formula is C14H17ClF2O3. The maximum atomic E-state index is 14.1. The molecule has 0 aromatic heterocycles. The summed E-state index contributed by atoms with van der Waals surface area (Å²) in [5.74, 6) is -2.97. The van der Waals surface area contributed by atoms with Crippen LogP contribution < -0.4 is 0 Å². The van der Waals surface area contributed by atoms with E-state index in [1.54, 1.807) is 0 Å². The molecule has 0 aliphatic heterocycles. The van der Waals surface area contributed by atoms with Gasteiger partial charge >= 0.3 is 0 Å². The van der Waals surface area contributed by atoms with E-state index in [9.17, 15) is 13.9 Å². The van der Waals surface area contributed by atoms with Gasteiger partial charge in [-0.3, -0.25) is 0 Å². The van der Waals surface area contributed by atoms with E-state index in [1.165, 1.54) is 32.4 Å². The maximum absolute atomic E-state index is 14.1. The molecular weight excluding hydrogens is 290 g/mol. The van der Waals surface area contributed by atoms with Gasteiger partial charge in [0, 0.05) is 31.2 Å². The minimum Gasteiger partial charge on any atom is -0.395 e. The predicted octanol–water partition coefficient (Wildman–Crippen LogP) is 3.07. The highest BCUT2D eigenvalue weighted by atomic mass is 35.5. The van der Waals surface area contributed by atoms with Gasteiger partial charge in [-0.15, -0.1) is 0 Å². The molecule has 3 nitrogen and oxygen atoms in total. The van der Waals surface area contributed by atoms with Crippen LogP contribution in [-0.2, 0) is 20.8 Å². The van der Waals surface area contributed by atoms with E-state index in [2.05, 4.69) is 0 Å². The Kier molecular flexibility index (Phi) is 4.35. The zero-order valence-corrected chi connectivity index (χ0v) is 12.1. The largest absolute Gasteiger partial charge is 0.395 e. The van der Waals surface area contributed by atoms with Crippen LogP contribution in [0.15, 0.2) is 18.2 Å². The van der Waals surface area contributed by atoms with Gasteiger partial charge in [0.15, 0.2) is 6.29 Å². The van der Waals surface area contributed by atoms with Gasteiger partial charge < -0.3 is 14.6 Å². The third-order valence-corrected chi connectivity index (χ3v) is 4.19. The summed E-state index contributed by atoms with van der Waals surface area (Å²) in [5.41, 5.74) is -0.843. The number of hydrogen-bond acceptors (Lipinski definition) is 3. The Balaban J connectivity index is 2.64. The normalized spacial score (nSPS) is 24.8. The topological polar surface area (TPSA) is 38.7 Å². The number of benzene rings is 1. The molecule has 1 aromatic rings. The molecule has 1 aromatic carbocycles. The Morgan fingerprint density at radius 1 is 1.25 bits per heavy atom. The Hall–Kier alpha value is -0.750. The molecule has 1 aliphatic carbocycles. The number of methoxy groups -OCH3 is 2. The molecule has 0 fully saturated rings. The highest BCUT2D eigenvalue weighted by Gasteiger charge is 2.52. The molecule has 2 rings (SSSR count). The van der Waals surface area contributed by atoms with Crippen LogP contribution in [0, 0.1) is 0 Å². The molecule has 0 unspecified atom stereocenters. The van der Waals surface area contributed by atoms with Gasteiger partial charge in [0.2, 0.25) is 0 Å². The summed E-state index contributed by atoms with van der Waals surface area (Å²) in [4.78, 5) is 0. The fourth-order valence-corrected chi connectivity index (χ4v) is 3.11. The molecule has 0 heterocycles. The molecule has 0 bridgehead atoms. The van der Waals surface area contributed by atoms with Gasteiger partial charge in [-0.2, -0.15) is 0 Å². The second-order valence-electron chi connectivity index (χ2n) is 5.01. The van der Waals surface area contributed by atoms with Gasteiger partial charge in [-0.1, -0.05) is 17.7 Å². The third kappa shape index (κ3) is 2.33. The molecule has 1 aliphatic rings. The predicted molar refractivity (Wildman–Crippen MR) is 71.1 cm³/mol. The summed E-state index contributed by atoms with van der Waals surface area (Å²) in [5, 5.41) is 10.1. The van der Waals surface area contributed by atoms with Crippen LogP contribution in [0.5, 0.6) is 0 Å².